The number of hydrogen-bond acceptors (Lipinski definition) is 3. The minimum atomic E-state index is -0.495. The van der Waals surface area contributed by atoms with Crippen molar-refractivity contribution in [2.24, 2.45) is 11.7 Å². The zero-order chi connectivity index (χ0) is 13.0. The lowest BCUT2D eigenvalue weighted by Gasteiger charge is -2.17. The molecule has 1 rings (SSSR count). The lowest BCUT2D eigenvalue weighted by molar-refractivity contribution is -0.118. The van der Waals surface area contributed by atoms with E-state index >= 15 is 0 Å². The molecule has 1 aromatic rings. The van der Waals surface area contributed by atoms with Crippen LogP contribution in [0.2, 0.25) is 0 Å². The molecule has 17 heavy (non-hydrogen) atoms. The van der Waals surface area contributed by atoms with Gasteiger partial charge in [-0.3, -0.25) is 4.79 Å². The first-order chi connectivity index (χ1) is 7.95. The van der Waals surface area contributed by atoms with Crippen LogP contribution < -0.4 is 11.1 Å². The Hall–Kier alpha value is -0.940. The Labute approximate surface area is 110 Å². The van der Waals surface area contributed by atoms with E-state index in [-0.39, 0.29) is 11.8 Å². The van der Waals surface area contributed by atoms with Crippen LogP contribution in [0, 0.1) is 12.8 Å². The number of nitrogens with two attached hydrogens (primary N) is 1. The number of pyridine rings is 1. The molecule has 0 fully saturated rings. The van der Waals surface area contributed by atoms with Crippen LogP contribution in [0.15, 0.2) is 16.7 Å². The largest absolute Gasteiger partial charge is 0.320 e. The van der Waals surface area contributed by atoms with E-state index in [0.717, 1.165) is 16.5 Å². The molecule has 0 radical (unpaired) electrons. The lowest BCUT2D eigenvalue weighted by Crippen LogP contribution is -2.40. The average Bonchev–Trinajstić information content (AvgIpc) is 2.31. The Bertz CT molecular complexity index is 409. The highest BCUT2D eigenvalue weighted by atomic mass is 79.9. The van der Waals surface area contributed by atoms with Gasteiger partial charge in [-0.2, -0.15) is 0 Å². The maximum Gasteiger partial charge on any atom is 0.242 e. The fourth-order valence-electron chi connectivity index (χ4n) is 1.33. The van der Waals surface area contributed by atoms with Crippen LogP contribution >= 0.6 is 15.9 Å². The van der Waals surface area contributed by atoms with Gasteiger partial charge in [-0.05, 0) is 40.4 Å². The van der Waals surface area contributed by atoms with E-state index in [1.54, 1.807) is 6.20 Å². The van der Waals surface area contributed by atoms with Gasteiger partial charge in [0.15, 0.2) is 0 Å². The number of nitrogens with zero attached hydrogens (tertiary/aromatic N) is 1. The molecule has 0 aliphatic carbocycles. The normalized spacial score (nSPS) is 14.2. The SMILES string of the molecule is CCC(C)[C@H](N)C(=O)Nc1cc(C)c(Br)cn1. The average molecular weight is 300 g/mol. The molecule has 5 heteroatoms. The minimum Gasteiger partial charge on any atom is -0.320 e. The molecule has 0 aliphatic heterocycles. The number of anilines is 1. The van der Waals surface area contributed by atoms with Crippen molar-refractivity contribution >= 4 is 27.7 Å². The van der Waals surface area contributed by atoms with Gasteiger partial charge in [0, 0.05) is 10.7 Å². The maximum atomic E-state index is 11.8. The van der Waals surface area contributed by atoms with E-state index in [9.17, 15) is 4.79 Å². The fourth-order valence-corrected chi connectivity index (χ4v) is 1.55. The summed E-state index contributed by atoms with van der Waals surface area (Å²) in [6.07, 6.45) is 2.54. The topological polar surface area (TPSA) is 68.0 Å². The van der Waals surface area contributed by atoms with Crippen LogP contribution in [0.1, 0.15) is 25.8 Å². The Balaban J connectivity index is 2.71. The molecule has 0 saturated heterocycles. The first kappa shape index (κ1) is 14.1. The first-order valence-corrected chi connectivity index (χ1v) is 6.43. The Morgan fingerprint density at radius 3 is 2.82 bits per heavy atom. The third-order valence-corrected chi connectivity index (χ3v) is 3.69. The Morgan fingerprint density at radius 1 is 1.65 bits per heavy atom. The first-order valence-electron chi connectivity index (χ1n) is 5.64. The van der Waals surface area contributed by atoms with Gasteiger partial charge in [0.1, 0.15) is 5.82 Å². The summed E-state index contributed by atoms with van der Waals surface area (Å²) in [4.78, 5) is 15.9. The zero-order valence-corrected chi connectivity index (χ0v) is 11.9. The highest BCUT2D eigenvalue weighted by molar-refractivity contribution is 9.10. The molecule has 0 aromatic carbocycles. The second-order valence-electron chi connectivity index (χ2n) is 4.22. The van der Waals surface area contributed by atoms with Gasteiger partial charge in [-0.15, -0.1) is 0 Å². The molecule has 3 N–H and O–H groups in total. The summed E-state index contributed by atoms with van der Waals surface area (Å²) in [5, 5.41) is 2.73. The molecule has 0 bridgehead atoms. The number of nitrogens with one attached hydrogen (secondary N) is 1. The van der Waals surface area contributed by atoms with Gasteiger partial charge < -0.3 is 11.1 Å². The number of hydrogen-bond donors (Lipinski definition) is 2. The van der Waals surface area contributed by atoms with E-state index in [4.69, 9.17) is 5.73 Å². The second-order valence-corrected chi connectivity index (χ2v) is 5.07. The summed E-state index contributed by atoms with van der Waals surface area (Å²) < 4.78 is 0.918. The third kappa shape index (κ3) is 3.78. The molecule has 2 atom stereocenters. The predicted molar refractivity (Wildman–Crippen MR) is 72.7 cm³/mol. The maximum absolute atomic E-state index is 11.8. The molecule has 0 saturated carbocycles. The number of amides is 1. The van der Waals surface area contributed by atoms with Crippen LogP contribution in [0.5, 0.6) is 0 Å². The highest BCUT2D eigenvalue weighted by Gasteiger charge is 2.19. The van der Waals surface area contributed by atoms with E-state index in [1.165, 1.54) is 0 Å². The van der Waals surface area contributed by atoms with Gasteiger partial charge in [0.25, 0.3) is 0 Å². The monoisotopic (exact) mass is 299 g/mol. The van der Waals surface area contributed by atoms with Crippen LogP contribution in [0.3, 0.4) is 0 Å². The van der Waals surface area contributed by atoms with E-state index in [1.807, 2.05) is 26.8 Å². The molecule has 4 nitrogen and oxygen atoms in total. The number of carbonyl (C=O) groups excluding carboxylic acids is 1. The molecule has 0 aliphatic rings. The van der Waals surface area contributed by atoms with Crippen molar-refractivity contribution in [2.75, 3.05) is 5.32 Å². The smallest absolute Gasteiger partial charge is 0.242 e. The van der Waals surface area contributed by atoms with Crippen molar-refractivity contribution in [1.82, 2.24) is 4.98 Å². The van der Waals surface area contributed by atoms with Crippen molar-refractivity contribution in [1.29, 1.82) is 0 Å². The van der Waals surface area contributed by atoms with Crippen molar-refractivity contribution in [3.05, 3.63) is 22.3 Å². The molecule has 0 spiro atoms. The van der Waals surface area contributed by atoms with Gasteiger partial charge >= 0.3 is 0 Å². The summed E-state index contributed by atoms with van der Waals surface area (Å²) in [5.74, 6) is 0.509. The Kier molecular flexibility index (Phi) is 5.08. The van der Waals surface area contributed by atoms with Crippen LogP contribution in [-0.4, -0.2) is 16.9 Å². The molecule has 1 aromatic heterocycles. The third-order valence-electron chi connectivity index (χ3n) is 2.86. The number of aryl methyl sites for hydroxylation is 1. The summed E-state index contributed by atoms with van der Waals surface area (Å²) in [6.45, 7) is 5.92. The fraction of sp³-hybridized carbons (Fsp3) is 0.500. The summed E-state index contributed by atoms with van der Waals surface area (Å²) >= 11 is 3.36. The minimum absolute atomic E-state index is 0.159. The van der Waals surface area contributed by atoms with E-state index in [0.29, 0.717) is 5.82 Å². The van der Waals surface area contributed by atoms with Gasteiger partial charge in [0.2, 0.25) is 5.91 Å². The molecular formula is C12H18BrN3O. The molecular weight excluding hydrogens is 282 g/mol. The quantitative estimate of drug-likeness (QED) is 0.897. The summed E-state index contributed by atoms with van der Waals surface area (Å²) in [6, 6.07) is 1.32. The van der Waals surface area contributed by atoms with Crippen LogP contribution in [0.4, 0.5) is 5.82 Å². The number of carbonyl (C=O) groups is 1. The van der Waals surface area contributed by atoms with Crippen molar-refractivity contribution in [3.8, 4) is 0 Å². The standard InChI is InChI=1S/C12H18BrN3O/c1-4-7(2)11(14)12(17)16-10-5-8(3)9(13)6-15-10/h5-7,11H,4,14H2,1-3H3,(H,15,16,17)/t7?,11-/m0/s1. The highest BCUT2D eigenvalue weighted by Crippen LogP contribution is 2.17. The van der Waals surface area contributed by atoms with E-state index < -0.39 is 6.04 Å². The predicted octanol–water partition coefficient (Wildman–Crippen LogP) is 2.46. The number of halogens is 1. The van der Waals surface area contributed by atoms with Crippen LogP contribution in [-0.2, 0) is 4.79 Å². The van der Waals surface area contributed by atoms with Crippen molar-refractivity contribution < 1.29 is 4.79 Å². The summed E-state index contributed by atoms with van der Waals surface area (Å²) in [7, 11) is 0. The molecule has 94 valence electrons. The molecule has 1 heterocycles. The van der Waals surface area contributed by atoms with Crippen molar-refractivity contribution in [2.45, 2.75) is 33.2 Å². The molecule has 1 amide bonds. The van der Waals surface area contributed by atoms with Crippen molar-refractivity contribution in [3.63, 3.8) is 0 Å². The van der Waals surface area contributed by atoms with Gasteiger partial charge in [-0.1, -0.05) is 20.3 Å². The van der Waals surface area contributed by atoms with Gasteiger partial charge in [-0.25, -0.2) is 4.98 Å². The number of aromatic nitrogens is 1. The number of rotatable bonds is 4. The second kappa shape index (κ2) is 6.12. The van der Waals surface area contributed by atoms with E-state index in [2.05, 4.69) is 26.2 Å². The lowest BCUT2D eigenvalue weighted by atomic mass is 9.99. The Morgan fingerprint density at radius 2 is 2.29 bits per heavy atom. The van der Waals surface area contributed by atoms with Gasteiger partial charge in [0.05, 0.1) is 6.04 Å². The zero-order valence-electron chi connectivity index (χ0n) is 10.3. The summed E-state index contributed by atoms with van der Waals surface area (Å²) in [5.41, 5.74) is 6.86. The molecule has 1 unspecified atom stereocenters. The van der Waals surface area contributed by atoms with Crippen LogP contribution in [0.25, 0.3) is 0 Å².